The Morgan fingerprint density at radius 1 is 1.23 bits per heavy atom. The Labute approximate surface area is 133 Å². The van der Waals surface area contributed by atoms with E-state index in [1.165, 1.54) is 12.8 Å². The molecule has 6 nitrogen and oxygen atoms in total. The first-order valence-corrected chi connectivity index (χ1v) is 8.41. The van der Waals surface area contributed by atoms with Gasteiger partial charge in [-0.25, -0.2) is 10.5 Å². The van der Waals surface area contributed by atoms with Gasteiger partial charge in [-0.1, -0.05) is 46.0 Å². The van der Waals surface area contributed by atoms with E-state index in [1.54, 1.807) is 0 Å². The highest BCUT2D eigenvalue weighted by molar-refractivity contribution is 5.86. The predicted octanol–water partition coefficient (Wildman–Crippen LogP) is 2.25. The van der Waals surface area contributed by atoms with Crippen LogP contribution in [0.3, 0.4) is 0 Å². The van der Waals surface area contributed by atoms with Crippen LogP contribution >= 0.6 is 0 Å². The third-order valence-electron chi connectivity index (χ3n) is 4.08. The van der Waals surface area contributed by atoms with Crippen molar-refractivity contribution < 1.29 is 14.3 Å². The SMILES string of the molecule is CC(C)[C@H]1COCCCCCCCC[C@@H](NC([NH])=O)C(=O)N1. The van der Waals surface area contributed by atoms with Gasteiger partial charge in [-0.05, 0) is 18.8 Å². The minimum Gasteiger partial charge on any atom is -0.379 e. The Morgan fingerprint density at radius 3 is 2.50 bits per heavy atom. The van der Waals surface area contributed by atoms with E-state index >= 15 is 0 Å². The number of ether oxygens (including phenoxy) is 1. The van der Waals surface area contributed by atoms with Crippen LogP contribution in [0.4, 0.5) is 4.79 Å². The number of carbonyl (C=O) groups is 2. The van der Waals surface area contributed by atoms with E-state index in [1.807, 2.05) is 13.8 Å². The minimum absolute atomic E-state index is 0.0689. The van der Waals surface area contributed by atoms with Crippen molar-refractivity contribution in [3.05, 3.63) is 0 Å². The molecule has 22 heavy (non-hydrogen) atoms. The van der Waals surface area contributed by atoms with Crippen LogP contribution in [-0.4, -0.2) is 37.2 Å². The molecule has 0 aliphatic carbocycles. The van der Waals surface area contributed by atoms with Crippen molar-refractivity contribution in [3.63, 3.8) is 0 Å². The molecule has 0 aromatic heterocycles. The lowest BCUT2D eigenvalue weighted by Gasteiger charge is -2.26. The largest absolute Gasteiger partial charge is 0.379 e. The Morgan fingerprint density at radius 2 is 1.86 bits per heavy atom. The van der Waals surface area contributed by atoms with Crippen molar-refractivity contribution in [2.75, 3.05) is 13.2 Å². The summed E-state index contributed by atoms with van der Waals surface area (Å²) in [6, 6.07) is -1.59. The molecule has 1 aliphatic heterocycles. The topological polar surface area (TPSA) is 91.2 Å². The maximum atomic E-state index is 12.4. The summed E-state index contributed by atoms with van der Waals surface area (Å²) in [6.45, 7) is 5.29. The molecule has 127 valence electrons. The first kappa shape index (κ1) is 18.7. The van der Waals surface area contributed by atoms with Gasteiger partial charge in [0.05, 0.1) is 12.6 Å². The zero-order valence-corrected chi connectivity index (χ0v) is 13.8. The van der Waals surface area contributed by atoms with Crippen LogP contribution in [0.25, 0.3) is 0 Å². The van der Waals surface area contributed by atoms with Crippen molar-refractivity contribution in [1.82, 2.24) is 16.4 Å². The lowest BCUT2D eigenvalue weighted by Crippen LogP contribution is -2.52. The summed E-state index contributed by atoms with van der Waals surface area (Å²) in [7, 11) is 0. The van der Waals surface area contributed by atoms with Crippen molar-refractivity contribution in [1.29, 1.82) is 0 Å². The number of nitrogens with one attached hydrogen (secondary N) is 3. The fraction of sp³-hybridized carbons (Fsp3) is 0.875. The molecule has 3 N–H and O–H groups in total. The summed E-state index contributed by atoms with van der Waals surface area (Å²) in [4.78, 5) is 23.4. The van der Waals surface area contributed by atoms with Crippen LogP contribution in [0, 0.1) is 5.92 Å². The van der Waals surface area contributed by atoms with Crippen molar-refractivity contribution >= 4 is 11.9 Å². The Balaban J connectivity index is 2.67. The van der Waals surface area contributed by atoms with E-state index in [0.29, 0.717) is 13.0 Å². The summed E-state index contributed by atoms with van der Waals surface area (Å²) in [5.74, 6) is 0.0455. The fourth-order valence-corrected chi connectivity index (χ4v) is 2.58. The van der Waals surface area contributed by atoms with Crippen LogP contribution < -0.4 is 16.4 Å². The summed E-state index contributed by atoms with van der Waals surface area (Å²) < 4.78 is 5.68. The highest BCUT2D eigenvalue weighted by Crippen LogP contribution is 2.11. The normalized spacial score (nSPS) is 26.0. The third-order valence-corrected chi connectivity index (χ3v) is 4.08. The molecule has 1 heterocycles. The van der Waals surface area contributed by atoms with E-state index in [9.17, 15) is 9.59 Å². The van der Waals surface area contributed by atoms with Gasteiger partial charge >= 0.3 is 6.03 Å². The van der Waals surface area contributed by atoms with Gasteiger partial charge in [-0.15, -0.1) is 0 Å². The number of urea groups is 1. The highest BCUT2D eigenvalue weighted by atomic mass is 16.5. The molecule has 0 aromatic carbocycles. The molecule has 1 fully saturated rings. The molecule has 3 amide bonds. The second kappa shape index (κ2) is 10.4. The Hall–Kier alpha value is -1.30. The summed E-state index contributed by atoms with van der Waals surface area (Å²) >= 11 is 0. The van der Waals surface area contributed by atoms with Gasteiger partial charge in [-0.3, -0.25) is 4.79 Å². The minimum atomic E-state index is -0.904. The smallest absolute Gasteiger partial charge is 0.334 e. The van der Waals surface area contributed by atoms with Crippen LogP contribution in [-0.2, 0) is 9.53 Å². The van der Waals surface area contributed by atoms with Crippen molar-refractivity contribution in [2.45, 2.75) is 70.9 Å². The number of hydrogen-bond donors (Lipinski definition) is 2. The monoisotopic (exact) mass is 312 g/mol. The van der Waals surface area contributed by atoms with Crippen molar-refractivity contribution in [3.8, 4) is 0 Å². The lowest BCUT2D eigenvalue weighted by molar-refractivity contribution is -0.124. The third kappa shape index (κ3) is 7.64. The maximum Gasteiger partial charge on any atom is 0.334 e. The molecule has 1 radical (unpaired) electrons. The molecule has 0 spiro atoms. The van der Waals surface area contributed by atoms with Gasteiger partial charge in [0.15, 0.2) is 0 Å². The van der Waals surface area contributed by atoms with Crippen LogP contribution in [0.5, 0.6) is 0 Å². The average Bonchev–Trinajstić information content (AvgIpc) is 2.45. The maximum absolute atomic E-state index is 12.4. The van der Waals surface area contributed by atoms with Crippen LogP contribution in [0.2, 0.25) is 0 Å². The number of rotatable bonds is 2. The molecule has 0 unspecified atom stereocenters. The first-order valence-electron chi connectivity index (χ1n) is 8.41. The van der Waals surface area contributed by atoms with E-state index in [-0.39, 0.29) is 17.9 Å². The summed E-state index contributed by atoms with van der Waals surface area (Å²) in [6.07, 6.45) is 7.08. The van der Waals surface area contributed by atoms with Gasteiger partial charge in [0, 0.05) is 6.61 Å². The van der Waals surface area contributed by atoms with Gasteiger partial charge < -0.3 is 15.4 Å². The molecular weight excluding hydrogens is 282 g/mol. The van der Waals surface area contributed by atoms with Crippen LogP contribution in [0.1, 0.15) is 58.8 Å². The first-order chi connectivity index (χ1) is 10.5. The molecule has 1 rings (SSSR count). The van der Waals surface area contributed by atoms with E-state index in [4.69, 9.17) is 10.5 Å². The van der Waals surface area contributed by atoms with Gasteiger partial charge in [0.2, 0.25) is 5.91 Å². The van der Waals surface area contributed by atoms with E-state index in [0.717, 1.165) is 32.3 Å². The zero-order chi connectivity index (χ0) is 16.4. The number of hydrogen-bond acceptors (Lipinski definition) is 3. The zero-order valence-electron chi connectivity index (χ0n) is 13.8. The predicted molar refractivity (Wildman–Crippen MR) is 85.3 cm³/mol. The molecule has 0 bridgehead atoms. The second-order valence-corrected chi connectivity index (χ2v) is 6.37. The fourth-order valence-electron chi connectivity index (χ4n) is 2.58. The quantitative estimate of drug-likeness (QED) is 0.819. The van der Waals surface area contributed by atoms with Gasteiger partial charge in [-0.2, -0.15) is 0 Å². The summed E-state index contributed by atoms with van der Waals surface area (Å²) in [5, 5.41) is 5.41. The molecule has 1 saturated heterocycles. The Kier molecular flexibility index (Phi) is 8.89. The molecular formula is C16H30N3O3. The second-order valence-electron chi connectivity index (χ2n) is 6.37. The van der Waals surface area contributed by atoms with Crippen molar-refractivity contribution in [2.24, 2.45) is 5.92 Å². The molecule has 2 atom stereocenters. The number of carbonyl (C=O) groups excluding carboxylic acids is 2. The molecule has 0 aromatic rings. The van der Waals surface area contributed by atoms with Crippen LogP contribution in [0.15, 0.2) is 0 Å². The van der Waals surface area contributed by atoms with Gasteiger partial charge in [0.1, 0.15) is 6.04 Å². The lowest BCUT2D eigenvalue weighted by atomic mass is 10.0. The molecule has 6 heteroatoms. The standard InChI is InChI=1S/C16H30N3O3/c1-12(2)14-11-22-10-8-6-4-3-5-7-9-13(15(20)18-14)19-16(17)21/h12-14,17H,3-11H2,1-2H3,(H,18,20)(H,19,21)/t13-,14-/m1/s1. The molecule has 0 saturated carbocycles. The highest BCUT2D eigenvalue weighted by Gasteiger charge is 2.24. The van der Waals surface area contributed by atoms with Gasteiger partial charge in [0.25, 0.3) is 0 Å². The Bertz CT molecular complexity index is 348. The molecule has 1 aliphatic rings. The average molecular weight is 312 g/mol. The number of amides is 3. The van der Waals surface area contributed by atoms with E-state index in [2.05, 4.69) is 10.6 Å². The summed E-state index contributed by atoms with van der Waals surface area (Å²) in [5.41, 5.74) is 7.05. The van der Waals surface area contributed by atoms with E-state index < -0.39 is 12.1 Å².